The number of ether oxygens (including phenoxy) is 1. The molecule has 0 atom stereocenters. The minimum Gasteiger partial charge on any atom is -0.507 e. The number of phenolic OH excluding ortho intramolecular Hbond substituents is 1. The number of aromatic hydroxyl groups is 1. The van der Waals surface area contributed by atoms with E-state index in [0.717, 1.165) is 53.9 Å². The van der Waals surface area contributed by atoms with Crippen LogP contribution in [0.1, 0.15) is 57.7 Å². The van der Waals surface area contributed by atoms with Crippen molar-refractivity contribution in [2.45, 2.75) is 57.5 Å². The molecule has 1 saturated carbocycles. The van der Waals surface area contributed by atoms with Crippen molar-refractivity contribution in [3.05, 3.63) is 59.3 Å². The minimum atomic E-state index is -0.880. The summed E-state index contributed by atoms with van der Waals surface area (Å²) in [4.78, 5) is 0. The van der Waals surface area contributed by atoms with Crippen molar-refractivity contribution in [3.63, 3.8) is 0 Å². The molecule has 158 valence electrons. The van der Waals surface area contributed by atoms with E-state index in [1.807, 2.05) is 10.6 Å². The van der Waals surface area contributed by atoms with Gasteiger partial charge in [0.05, 0.1) is 17.7 Å². The van der Waals surface area contributed by atoms with E-state index in [0.29, 0.717) is 18.2 Å². The molecular weight excluding hydrogens is 384 g/mol. The molecule has 1 aliphatic heterocycles. The topological polar surface area (TPSA) is 34.4 Å². The SMILES string of the molecule is CC1(C)CO[C@]2(CC[C@H](C)CC2)c2c1n(-c1ccc(F)c(F)c1)c1cccc(O)c12. The fourth-order valence-electron chi connectivity index (χ4n) is 5.38. The molecule has 0 bridgehead atoms. The van der Waals surface area contributed by atoms with Crippen LogP contribution in [-0.2, 0) is 15.8 Å². The lowest BCUT2D eigenvalue weighted by atomic mass is 9.70. The molecular formula is C25H27F2NO2. The van der Waals surface area contributed by atoms with Crippen molar-refractivity contribution >= 4 is 10.9 Å². The van der Waals surface area contributed by atoms with Crippen molar-refractivity contribution in [2.75, 3.05) is 6.61 Å². The van der Waals surface area contributed by atoms with Gasteiger partial charge in [0.1, 0.15) is 5.75 Å². The average Bonchev–Trinajstić information content (AvgIpc) is 3.08. The average molecular weight is 411 g/mol. The highest BCUT2D eigenvalue weighted by molar-refractivity contribution is 5.94. The van der Waals surface area contributed by atoms with E-state index >= 15 is 0 Å². The molecule has 1 fully saturated rings. The Morgan fingerprint density at radius 3 is 2.50 bits per heavy atom. The Kier molecular flexibility index (Phi) is 4.27. The summed E-state index contributed by atoms with van der Waals surface area (Å²) in [5, 5.41) is 11.7. The molecule has 2 heterocycles. The zero-order chi connectivity index (χ0) is 21.3. The van der Waals surface area contributed by atoms with Gasteiger partial charge in [-0.3, -0.25) is 0 Å². The zero-order valence-corrected chi connectivity index (χ0v) is 17.6. The van der Waals surface area contributed by atoms with E-state index in [9.17, 15) is 13.9 Å². The van der Waals surface area contributed by atoms with Gasteiger partial charge >= 0.3 is 0 Å². The Bertz CT molecular complexity index is 1140. The molecule has 5 rings (SSSR count). The van der Waals surface area contributed by atoms with Crippen LogP contribution in [-0.4, -0.2) is 16.3 Å². The number of hydrogen-bond acceptors (Lipinski definition) is 2. The number of fused-ring (bicyclic) bond motifs is 4. The van der Waals surface area contributed by atoms with Gasteiger partial charge in [-0.1, -0.05) is 26.8 Å². The molecule has 1 spiro atoms. The maximum atomic E-state index is 14.2. The highest BCUT2D eigenvalue weighted by Crippen LogP contribution is 2.55. The molecule has 2 aliphatic rings. The lowest BCUT2D eigenvalue weighted by Crippen LogP contribution is -2.45. The molecule has 2 aromatic carbocycles. The number of benzene rings is 2. The van der Waals surface area contributed by atoms with Crippen LogP contribution in [0.3, 0.4) is 0 Å². The summed E-state index contributed by atoms with van der Waals surface area (Å²) in [5.41, 5.74) is 2.56. The maximum absolute atomic E-state index is 14.2. The first kappa shape index (κ1) is 19.6. The van der Waals surface area contributed by atoms with E-state index in [-0.39, 0.29) is 11.2 Å². The van der Waals surface area contributed by atoms with Crippen molar-refractivity contribution in [2.24, 2.45) is 5.92 Å². The quantitative estimate of drug-likeness (QED) is 0.508. The van der Waals surface area contributed by atoms with Crippen LogP contribution < -0.4 is 0 Å². The van der Waals surface area contributed by atoms with Gasteiger partial charge in [0, 0.05) is 33.8 Å². The number of nitrogens with zero attached hydrogens (tertiary/aromatic N) is 1. The van der Waals surface area contributed by atoms with Gasteiger partial charge in [-0.2, -0.15) is 0 Å². The Hall–Kier alpha value is -2.40. The molecule has 30 heavy (non-hydrogen) atoms. The summed E-state index contributed by atoms with van der Waals surface area (Å²) < 4.78 is 36.5. The van der Waals surface area contributed by atoms with Crippen LogP contribution in [0, 0.1) is 17.6 Å². The fourth-order valence-corrected chi connectivity index (χ4v) is 5.38. The van der Waals surface area contributed by atoms with Gasteiger partial charge in [-0.05, 0) is 55.9 Å². The first-order valence-electron chi connectivity index (χ1n) is 10.7. The van der Waals surface area contributed by atoms with Crippen molar-refractivity contribution < 1.29 is 18.6 Å². The second-order valence-electron chi connectivity index (χ2n) is 9.68. The lowest BCUT2D eigenvalue weighted by Gasteiger charge is -2.47. The molecule has 1 aliphatic carbocycles. The summed E-state index contributed by atoms with van der Waals surface area (Å²) in [6.07, 6.45) is 3.90. The Labute approximate surface area is 175 Å². The predicted molar refractivity (Wildman–Crippen MR) is 113 cm³/mol. The van der Waals surface area contributed by atoms with Gasteiger partial charge in [-0.25, -0.2) is 8.78 Å². The third-order valence-corrected chi connectivity index (χ3v) is 7.02. The molecule has 0 saturated heterocycles. The largest absolute Gasteiger partial charge is 0.507 e. The number of halogens is 2. The monoisotopic (exact) mass is 411 g/mol. The molecule has 0 unspecified atom stereocenters. The number of phenols is 1. The van der Waals surface area contributed by atoms with Crippen molar-refractivity contribution in [1.29, 1.82) is 0 Å². The van der Waals surface area contributed by atoms with Gasteiger partial charge in [0.15, 0.2) is 11.6 Å². The third kappa shape index (κ3) is 2.71. The van der Waals surface area contributed by atoms with E-state index in [2.05, 4.69) is 20.8 Å². The highest BCUT2D eigenvalue weighted by atomic mass is 19.2. The van der Waals surface area contributed by atoms with Crippen LogP contribution in [0.5, 0.6) is 5.75 Å². The molecule has 3 nitrogen and oxygen atoms in total. The third-order valence-electron chi connectivity index (χ3n) is 7.02. The van der Waals surface area contributed by atoms with Crippen LogP contribution in [0.25, 0.3) is 16.6 Å². The minimum absolute atomic E-state index is 0.199. The second kappa shape index (κ2) is 6.55. The van der Waals surface area contributed by atoms with Crippen LogP contribution in [0.2, 0.25) is 0 Å². The summed E-state index contributed by atoms with van der Waals surface area (Å²) in [6, 6.07) is 9.42. The number of hydrogen-bond donors (Lipinski definition) is 1. The number of aromatic nitrogens is 1. The molecule has 0 amide bonds. The summed E-state index contributed by atoms with van der Waals surface area (Å²) >= 11 is 0. The molecule has 3 aromatic rings. The summed E-state index contributed by atoms with van der Waals surface area (Å²) in [6.45, 7) is 7.02. The highest BCUT2D eigenvalue weighted by Gasteiger charge is 2.49. The predicted octanol–water partition coefficient (Wildman–Crippen LogP) is 6.33. The molecule has 1 N–H and O–H groups in total. The van der Waals surface area contributed by atoms with Crippen molar-refractivity contribution in [1.82, 2.24) is 4.57 Å². The standard InChI is InChI=1S/C25H27F2NO2/c1-15-9-11-25(12-10-15)22-21-19(5-4-6-20(21)29)28(23(22)24(2,3)14-30-25)16-7-8-17(26)18(27)13-16/h4-8,13,15,29H,9-12,14H2,1-3H3/t15-,25-. The zero-order valence-electron chi connectivity index (χ0n) is 17.6. The Morgan fingerprint density at radius 2 is 1.80 bits per heavy atom. The van der Waals surface area contributed by atoms with Crippen LogP contribution >= 0.6 is 0 Å². The van der Waals surface area contributed by atoms with Gasteiger partial charge in [0.25, 0.3) is 0 Å². The summed E-state index contributed by atoms with van der Waals surface area (Å²) in [5.74, 6) is -0.906. The smallest absolute Gasteiger partial charge is 0.160 e. The van der Waals surface area contributed by atoms with Gasteiger partial charge in [-0.15, -0.1) is 0 Å². The number of rotatable bonds is 1. The molecule has 1 aromatic heterocycles. The Balaban J connectivity index is 1.89. The Morgan fingerprint density at radius 1 is 1.07 bits per heavy atom. The summed E-state index contributed by atoms with van der Waals surface area (Å²) in [7, 11) is 0. The van der Waals surface area contributed by atoms with E-state index in [1.165, 1.54) is 6.07 Å². The second-order valence-corrected chi connectivity index (χ2v) is 9.68. The van der Waals surface area contributed by atoms with E-state index in [1.54, 1.807) is 18.2 Å². The first-order valence-corrected chi connectivity index (χ1v) is 10.7. The lowest BCUT2D eigenvalue weighted by molar-refractivity contribution is -0.111. The van der Waals surface area contributed by atoms with Crippen molar-refractivity contribution in [3.8, 4) is 11.4 Å². The van der Waals surface area contributed by atoms with E-state index in [4.69, 9.17) is 4.74 Å². The normalized spacial score (nSPS) is 25.6. The van der Waals surface area contributed by atoms with E-state index < -0.39 is 17.2 Å². The first-order chi connectivity index (χ1) is 14.2. The fraction of sp³-hybridized carbons (Fsp3) is 0.440. The molecule has 0 radical (unpaired) electrons. The van der Waals surface area contributed by atoms with Crippen LogP contribution in [0.4, 0.5) is 8.78 Å². The molecule has 5 heteroatoms. The van der Waals surface area contributed by atoms with Gasteiger partial charge in [0.2, 0.25) is 0 Å². The van der Waals surface area contributed by atoms with Gasteiger partial charge < -0.3 is 14.4 Å². The maximum Gasteiger partial charge on any atom is 0.160 e. The van der Waals surface area contributed by atoms with Crippen LogP contribution in [0.15, 0.2) is 36.4 Å².